The summed E-state index contributed by atoms with van der Waals surface area (Å²) < 4.78 is 1.55. The quantitative estimate of drug-likeness (QED) is 0.665. The fourth-order valence-corrected chi connectivity index (χ4v) is 0.999. The lowest BCUT2D eigenvalue weighted by Crippen LogP contribution is -1.96. The van der Waals surface area contributed by atoms with Crippen molar-refractivity contribution in [3.63, 3.8) is 0 Å². The van der Waals surface area contributed by atoms with Gasteiger partial charge in [0.2, 0.25) is 0 Å². The average molecular weight is 181 g/mol. The number of rotatable bonds is 1. The van der Waals surface area contributed by atoms with Crippen molar-refractivity contribution in [3.05, 3.63) is 36.0 Å². The van der Waals surface area contributed by atoms with Gasteiger partial charge in [0.05, 0.1) is 0 Å². The summed E-state index contributed by atoms with van der Waals surface area (Å²) in [5.41, 5.74) is 0. The van der Waals surface area contributed by atoms with Crippen LogP contribution in [-0.4, -0.2) is 19.7 Å². The van der Waals surface area contributed by atoms with Crippen molar-refractivity contribution in [3.8, 4) is 5.82 Å². The van der Waals surface area contributed by atoms with Gasteiger partial charge in [0.25, 0.3) is 0 Å². The first-order valence-corrected chi connectivity index (χ1v) is 3.70. The predicted octanol–water partition coefficient (Wildman–Crippen LogP) is 1.32. The molecular formula is C7H5ClN4. The van der Waals surface area contributed by atoms with Gasteiger partial charge in [-0.15, -0.1) is 0 Å². The summed E-state index contributed by atoms with van der Waals surface area (Å²) >= 11 is 5.76. The van der Waals surface area contributed by atoms with Gasteiger partial charge in [-0.25, -0.2) is 14.6 Å². The Kier molecular flexibility index (Phi) is 1.75. The van der Waals surface area contributed by atoms with Gasteiger partial charge in [0.15, 0.2) is 5.82 Å². The van der Waals surface area contributed by atoms with E-state index in [1.807, 2.05) is 0 Å². The molecule has 0 N–H and O–H groups in total. The second-order valence-corrected chi connectivity index (χ2v) is 2.61. The third kappa shape index (κ3) is 1.29. The Hall–Kier alpha value is -1.42. The summed E-state index contributed by atoms with van der Waals surface area (Å²) in [4.78, 5) is 7.86. The number of pyridine rings is 1. The highest BCUT2D eigenvalue weighted by Crippen LogP contribution is 2.09. The van der Waals surface area contributed by atoms with Crippen LogP contribution >= 0.6 is 11.6 Å². The van der Waals surface area contributed by atoms with E-state index in [1.54, 1.807) is 29.3 Å². The van der Waals surface area contributed by atoms with Crippen molar-refractivity contribution >= 4 is 11.6 Å². The van der Waals surface area contributed by atoms with E-state index >= 15 is 0 Å². The summed E-state index contributed by atoms with van der Waals surface area (Å²) in [5, 5.41) is 4.55. The van der Waals surface area contributed by atoms with Crippen LogP contribution in [0.25, 0.3) is 5.82 Å². The maximum atomic E-state index is 5.76. The molecule has 0 aliphatic heterocycles. The Balaban J connectivity index is 2.48. The molecule has 0 aliphatic rings. The number of halogens is 1. The normalized spacial score (nSPS) is 10.1. The number of hydrogen-bond acceptors (Lipinski definition) is 3. The van der Waals surface area contributed by atoms with E-state index in [0.29, 0.717) is 10.8 Å². The SMILES string of the molecule is Clc1ccnc(-n2cncn2)c1. The molecule has 0 aromatic carbocycles. The molecule has 0 aliphatic carbocycles. The first kappa shape index (κ1) is 7.24. The molecule has 4 nitrogen and oxygen atoms in total. The van der Waals surface area contributed by atoms with Gasteiger partial charge in [-0.2, -0.15) is 5.10 Å². The van der Waals surface area contributed by atoms with Crippen LogP contribution in [0.4, 0.5) is 0 Å². The Labute approximate surface area is 73.8 Å². The highest BCUT2D eigenvalue weighted by atomic mass is 35.5. The van der Waals surface area contributed by atoms with Crippen LogP contribution in [0.2, 0.25) is 5.02 Å². The fraction of sp³-hybridized carbons (Fsp3) is 0. The number of nitrogens with zero attached hydrogens (tertiary/aromatic N) is 4. The molecule has 0 fully saturated rings. The molecule has 0 atom stereocenters. The van der Waals surface area contributed by atoms with Gasteiger partial charge >= 0.3 is 0 Å². The molecule has 0 unspecified atom stereocenters. The van der Waals surface area contributed by atoms with E-state index in [1.165, 1.54) is 6.33 Å². The Morgan fingerprint density at radius 2 is 2.33 bits per heavy atom. The third-order valence-electron chi connectivity index (χ3n) is 1.36. The minimum absolute atomic E-state index is 0.635. The van der Waals surface area contributed by atoms with Crippen LogP contribution in [-0.2, 0) is 0 Å². The van der Waals surface area contributed by atoms with E-state index in [-0.39, 0.29) is 0 Å². The number of hydrogen-bond donors (Lipinski definition) is 0. The van der Waals surface area contributed by atoms with Crippen molar-refractivity contribution in [1.29, 1.82) is 0 Å². The van der Waals surface area contributed by atoms with Crippen LogP contribution in [0.5, 0.6) is 0 Å². The predicted molar refractivity (Wildman–Crippen MR) is 44.2 cm³/mol. The fourth-order valence-electron chi connectivity index (χ4n) is 0.845. The molecule has 2 aromatic rings. The number of aromatic nitrogens is 4. The van der Waals surface area contributed by atoms with Crippen LogP contribution in [0.3, 0.4) is 0 Å². The highest BCUT2D eigenvalue weighted by Gasteiger charge is 1.97. The van der Waals surface area contributed by atoms with E-state index < -0.39 is 0 Å². The van der Waals surface area contributed by atoms with Gasteiger partial charge in [-0.1, -0.05) is 11.6 Å². The minimum atomic E-state index is 0.635. The first-order chi connectivity index (χ1) is 5.86. The second kappa shape index (κ2) is 2.91. The maximum Gasteiger partial charge on any atom is 0.156 e. The molecule has 0 amide bonds. The lowest BCUT2D eigenvalue weighted by Gasteiger charge is -1.97. The molecular weight excluding hydrogens is 176 g/mol. The zero-order chi connectivity index (χ0) is 8.39. The molecule has 2 heterocycles. The summed E-state index contributed by atoms with van der Waals surface area (Å²) in [6.07, 6.45) is 4.64. The summed E-state index contributed by atoms with van der Waals surface area (Å²) in [6.45, 7) is 0. The van der Waals surface area contributed by atoms with E-state index in [0.717, 1.165) is 0 Å². The van der Waals surface area contributed by atoms with Gasteiger partial charge in [0, 0.05) is 17.3 Å². The van der Waals surface area contributed by atoms with Gasteiger partial charge in [-0.05, 0) is 6.07 Å². The van der Waals surface area contributed by atoms with Crippen molar-refractivity contribution < 1.29 is 0 Å². The molecule has 0 saturated carbocycles. The van der Waals surface area contributed by atoms with Crippen LogP contribution in [0.1, 0.15) is 0 Å². The lowest BCUT2D eigenvalue weighted by atomic mass is 10.5. The van der Waals surface area contributed by atoms with Crippen LogP contribution in [0.15, 0.2) is 31.0 Å². The molecule has 0 radical (unpaired) electrons. The molecule has 2 rings (SSSR count). The molecule has 60 valence electrons. The smallest absolute Gasteiger partial charge is 0.156 e. The summed E-state index contributed by atoms with van der Waals surface area (Å²) in [5.74, 6) is 0.667. The van der Waals surface area contributed by atoms with Gasteiger partial charge in [0.1, 0.15) is 12.7 Å². The highest BCUT2D eigenvalue weighted by molar-refractivity contribution is 6.30. The summed E-state index contributed by atoms with van der Waals surface area (Å²) in [6, 6.07) is 3.43. The van der Waals surface area contributed by atoms with Crippen molar-refractivity contribution in [2.75, 3.05) is 0 Å². The van der Waals surface area contributed by atoms with E-state index in [9.17, 15) is 0 Å². The minimum Gasteiger partial charge on any atom is -0.237 e. The Morgan fingerprint density at radius 1 is 1.42 bits per heavy atom. The molecule has 0 spiro atoms. The van der Waals surface area contributed by atoms with Crippen LogP contribution < -0.4 is 0 Å². The maximum absolute atomic E-state index is 5.76. The van der Waals surface area contributed by atoms with Crippen molar-refractivity contribution in [1.82, 2.24) is 19.7 Å². The van der Waals surface area contributed by atoms with E-state index in [2.05, 4.69) is 15.1 Å². The molecule has 2 aromatic heterocycles. The molecule has 5 heteroatoms. The largest absolute Gasteiger partial charge is 0.237 e. The topological polar surface area (TPSA) is 43.6 Å². The zero-order valence-corrected chi connectivity index (χ0v) is 6.81. The van der Waals surface area contributed by atoms with Gasteiger partial charge < -0.3 is 0 Å². The molecule has 0 saturated heterocycles. The Morgan fingerprint density at radius 3 is 3.00 bits per heavy atom. The second-order valence-electron chi connectivity index (χ2n) is 2.17. The monoisotopic (exact) mass is 180 g/mol. The van der Waals surface area contributed by atoms with Crippen molar-refractivity contribution in [2.45, 2.75) is 0 Å². The van der Waals surface area contributed by atoms with Crippen molar-refractivity contribution in [2.24, 2.45) is 0 Å². The molecule has 0 bridgehead atoms. The molecule has 12 heavy (non-hydrogen) atoms. The third-order valence-corrected chi connectivity index (χ3v) is 1.60. The summed E-state index contributed by atoms with van der Waals surface area (Å²) in [7, 11) is 0. The Bertz CT molecular complexity index is 371. The average Bonchev–Trinajstić information content (AvgIpc) is 2.56. The van der Waals surface area contributed by atoms with E-state index in [4.69, 9.17) is 11.6 Å². The lowest BCUT2D eigenvalue weighted by molar-refractivity contribution is 0.845. The standard InChI is InChI=1S/C7H5ClN4/c8-6-1-2-10-7(3-6)12-5-9-4-11-12/h1-5H. The van der Waals surface area contributed by atoms with Crippen LogP contribution in [0, 0.1) is 0 Å². The van der Waals surface area contributed by atoms with Gasteiger partial charge in [-0.3, -0.25) is 0 Å². The zero-order valence-electron chi connectivity index (χ0n) is 6.05. The first-order valence-electron chi connectivity index (χ1n) is 3.33.